The first-order valence-corrected chi connectivity index (χ1v) is 6.99. The third-order valence-corrected chi connectivity index (χ3v) is 3.64. The van der Waals surface area contributed by atoms with Gasteiger partial charge in [-0.2, -0.15) is 0 Å². The Bertz CT molecular complexity index is 534. The van der Waals surface area contributed by atoms with E-state index in [1.54, 1.807) is 0 Å². The molecule has 1 aliphatic heterocycles. The van der Waals surface area contributed by atoms with Crippen molar-refractivity contribution in [1.82, 2.24) is 5.32 Å². The van der Waals surface area contributed by atoms with Gasteiger partial charge in [0.05, 0.1) is 0 Å². The van der Waals surface area contributed by atoms with Crippen LogP contribution in [0.1, 0.15) is 18.4 Å². The molecule has 0 aromatic heterocycles. The molecule has 2 aromatic rings. The van der Waals surface area contributed by atoms with Gasteiger partial charge < -0.3 is 5.32 Å². The molecule has 1 heterocycles. The van der Waals surface area contributed by atoms with Crippen LogP contribution in [0.2, 0.25) is 0 Å². The summed E-state index contributed by atoms with van der Waals surface area (Å²) in [6.45, 7) is 1.15. The van der Waals surface area contributed by atoms with Crippen LogP contribution in [0, 0.1) is 0 Å². The summed E-state index contributed by atoms with van der Waals surface area (Å²) in [6.07, 6.45) is 7.06. The van der Waals surface area contributed by atoms with Gasteiger partial charge in [0.25, 0.3) is 0 Å². The lowest BCUT2D eigenvalue weighted by molar-refractivity contribution is 0.730. The Labute approximate surface area is 115 Å². The average Bonchev–Trinajstić information content (AvgIpc) is 3.00. The highest BCUT2D eigenvalue weighted by Gasteiger charge is 2.09. The van der Waals surface area contributed by atoms with Gasteiger partial charge in [-0.1, -0.05) is 66.7 Å². The van der Waals surface area contributed by atoms with Crippen molar-refractivity contribution in [3.8, 4) is 11.1 Å². The minimum Gasteiger partial charge on any atom is -0.311 e. The molecule has 0 radical (unpaired) electrons. The van der Waals surface area contributed by atoms with E-state index in [2.05, 4.69) is 72.1 Å². The molecule has 1 nitrogen and oxygen atoms in total. The van der Waals surface area contributed by atoms with Crippen LogP contribution in [-0.4, -0.2) is 12.6 Å². The van der Waals surface area contributed by atoms with Gasteiger partial charge in [-0.05, 0) is 36.1 Å². The average molecular weight is 249 g/mol. The summed E-state index contributed by atoms with van der Waals surface area (Å²) >= 11 is 0. The molecule has 3 rings (SSSR count). The summed E-state index contributed by atoms with van der Waals surface area (Å²) in [6, 6.07) is 19.8. The first-order valence-electron chi connectivity index (χ1n) is 6.99. The van der Waals surface area contributed by atoms with Crippen LogP contribution in [0.5, 0.6) is 0 Å². The molecule has 0 saturated carbocycles. The summed E-state index contributed by atoms with van der Waals surface area (Å²) in [5.74, 6) is 0. The Hall–Kier alpha value is -1.86. The van der Waals surface area contributed by atoms with E-state index >= 15 is 0 Å². The molecular weight excluding hydrogens is 230 g/mol. The predicted octanol–water partition coefficient (Wildman–Crippen LogP) is 4.12. The molecule has 0 amide bonds. The summed E-state index contributed by atoms with van der Waals surface area (Å²) in [7, 11) is 0. The van der Waals surface area contributed by atoms with Crippen LogP contribution >= 0.6 is 0 Å². The lowest BCUT2D eigenvalue weighted by Gasteiger charge is -2.04. The SMILES string of the molecule is C(=C\C1CCCN1)/c1ccc(-c2ccccc2)cc1. The summed E-state index contributed by atoms with van der Waals surface area (Å²) in [5, 5.41) is 3.48. The highest BCUT2D eigenvalue weighted by Crippen LogP contribution is 2.20. The van der Waals surface area contributed by atoms with E-state index in [0.717, 1.165) is 6.54 Å². The molecule has 2 aromatic carbocycles. The fourth-order valence-corrected chi connectivity index (χ4v) is 2.52. The fraction of sp³-hybridized carbons (Fsp3) is 0.222. The minimum absolute atomic E-state index is 0.564. The minimum atomic E-state index is 0.564. The molecule has 1 unspecified atom stereocenters. The second kappa shape index (κ2) is 5.85. The van der Waals surface area contributed by atoms with E-state index < -0.39 is 0 Å². The molecule has 0 spiro atoms. The monoisotopic (exact) mass is 249 g/mol. The molecule has 1 N–H and O–H groups in total. The first kappa shape index (κ1) is 12.2. The van der Waals surface area contributed by atoms with Crippen LogP contribution < -0.4 is 5.32 Å². The maximum Gasteiger partial charge on any atom is 0.0253 e. The Morgan fingerprint density at radius 3 is 2.32 bits per heavy atom. The van der Waals surface area contributed by atoms with Crippen molar-refractivity contribution >= 4 is 6.08 Å². The quantitative estimate of drug-likeness (QED) is 0.863. The zero-order valence-electron chi connectivity index (χ0n) is 11.0. The Kier molecular flexibility index (Phi) is 3.75. The molecule has 1 fully saturated rings. The van der Waals surface area contributed by atoms with Crippen molar-refractivity contribution < 1.29 is 0 Å². The maximum absolute atomic E-state index is 3.48. The van der Waals surface area contributed by atoms with Crippen molar-refractivity contribution in [2.24, 2.45) is 0 Å². The van der Waals surface area contributed by atoms with Gasteiger partial charge >= 0.3 is 0 Å². The second-order valence-electron chi connectivity index (χ2n) is 5.05. The normalized spacial score (nSPS) is 19.1. The van der Waals surface area contributed by atoms with Crippen LogP contribution in [0.4, 0.5) is 0 Å². The van der Waals surface area contributed by atoms with Crippen LogP contribution in [0.25, 0.3) is 17.2 Å². The molecule has 1 heteroatoms. The maximum atomic E-state index is 3.48. The van der Waals surface area contributed by atoms with Crippen LogP contribution in [0.15, 0.2) is 60.7 Å². The predicted molar refractivity (Wildman–Crippen MR) is 81.9 cm³/mol. The van der Waals surface area contributed by atoms with Crippen molar-refractivity contribution in [1.29, 1.82) is 0 Å². The third-order valence-electron chi connectivity index (χ3n) is 3.64. The van der Waals surface area contributed by atoms with Gasteiger partial charge in [-0.3, -0.25) is 0 Å². The number of nitrogens with one attached hydrogen (secondary N) is 1. The molecule has 1 atom stereocenters. The number of rotatable bonds is 3. The smallest absolute Gasteiger partial charge is 0.0253 e. The third kappa shape index (κ3) is 3.12. The van der Waals surface area contributed by atoms with Gasteiger partial charge in [0.2, 0.25) is 0 Å². The van der Waals surface area contributed by atoms with Gasteiger partial charge in [0.15, 0.2) is 0 Å². The van der Waals surface area contributed by atoms with Gasteiger partial charge in [-0.15, -0.1) is 0 Å². The second-order valence-corrected chi connectivity index (χ2v) is 5.05. The molecular formula is C18H19N. The Morgan fingerprint density at radius 2 is 1.63 bits per heavy atom. The highest BCUT2D eigenvalue weighted by atomic mass is 14.9. The van der Waals surface area contributed by atoms with Crippen molar-refractivity contribution in [2.45, 2.75) is 18.9 Å². The first-order chi connectivity index (χ1) is 9.42. The molecule has 0 bridgehead atoms. The topological polar surface area (TPSA) is 12.0 Å². The van der Waals surface area contributed by atoms with Crippen molar-refractivity contribution in [2.75, 3.05) is 6.54 Å². The summed E-state index contributed by atoms with van der Waals surface area (Å²) in [5.41, 5.74) is 3.82. The molecule has 1 saturated heterocycles. The van der Waals surface area contributed by atoms with Crippen molar-refractivity contribution in [3.05, 3.63) is 66.2 Å². The zero-order valence-corrected chi connectivity index (χ0v) is 11.0. The van der Waals surface area contributed by atoms with E-state index in [-0.39, 0.29) is 0 Å². The summed E-state index contributed by atoms with van der Waals surface area (Å²) < 4.78 is 0. The van der Waals surface area contributed by atoms with E-state index in [1.807, 2.05) is 0 Å². The van der Waals surface area contributed by atoms with E-state index in [4.69, 9.17) is 0 Å². The van der Waals surface area contributed by atoms with E-state index in [1.165, 1.54) is 29.5 Å². The van der Waals surface area contributed by atoms with Crippen LogP contribution in [0.3, 0.4) is 0 Å². The Balaban J connectivity index is 1.72. The largest absolute Gasteiger partial charge is 0.311 e. The molecule has 19 heavy (non-hydrogen) atoms. The lowest BCUT2D eigenvalue weighted by Crippen LogP contribution is -2.17. The number of hydrogen-bond acceptors (Lipinski definition) is 1. The fourth-order valence-electron chi connectivity index (χ4n) is 2.52. The lowest BCUT2D eigenvalue weighted by atomic mass is 10.0. The van der Waals surface area contributed by atoms with E-state index in [0.29, 0.717) is 6.04 Å². The Morgan fingerprint density at radius 1 is 0.895 bits per heavy atom. The molecule has 0 aliphatic carbocycles. The van der Waals surface area contributed by atoms with E-state index in [9.17, 15) is 0 Å². The standard InChI is InChI=1S/C18H19N/c1-2-5-16(6-3-1)17-11-8-15(9-12-17)10-13-18-7-4-14-19-18/h1-3,5-6,8-13,18-19H,4,7,14H2/b13-10+. The van der Waals surface area contributed by atoms with Crippen LogP contribution in [-0.2, 0) is 0 Å². The molecule has 96 valence electrons. The number of hydrogen-bond donors (Lipinski definition) is 1. The zero-order chi connectivity index (χ0) is 12.9. The van der Waals surface area contributed by atoms with Crippen molar-refractivity contribution in [3.63, 3.8) is 0 Å². The summed E-state index contributed by atoms with van der Waals surface area (Å²) in [4.78, 5) is 0. The van der Waals surface area contributed by atoms with Gasteiger partial charge in [0.1, 0.15) is 0 Å². The number of benzene rings is 2. The van der Waals surface area contributed by atoms with Gasteiger partial charge in [0, 0.05) is 6.04 Å². The molecule has 1 aliphatic rings. The van der Waals surface area contributed by atoms with Gasteiger partial charge in [-0.25, -0.2) is 0 Å². The highest BCUT2D eigenvalue weighted by molar-refractivity contribution is 5.65.